The second-order valence-electron chi connectivity index (χ2n) is 5.42. The van der Waals surface area contributed by atoms with Crippen LogP contribution in [0, 0.1) is 12.8 Å². The first kappa shape index (κ1) is 16.0. The van der Waals surface area contributed by atoms with Crippen molar-refractivity contribution < 1.29 is 18.3 Å². The maximum atomic E-state index is 12.6. The maximum Gasteiger partial charge on any atom is 0.416 e. The first-order chi connectivity index (χ1) is 9.70. The molecule has 0 aliphatic carbocycles. The van der Waals surface area contributed by atoms with Crippen molar-refractivity contribution in [3.63, 3.8) is 0 Å². The van der Waals surface area contributed by atoms with Crippen LogP contribution in [0.5, 0.6) is 0 Å². The van der Waals surface area contributed by atoms with Crippen LogP contribution in [0.4, 0.5) is 13.2 Å². The zero-order chi connectivity index (χ0) is 15.8. The highest BCUT2D eigenvalue weighted by Crippen LogP contribution is 2.38. The Balaban J connectivity index is 2.33. The fraction of sp³-hybridized carbons (Fsp3) is 0.375. The molecule has 1 aromatic heterocycles. The van der Waals surface area contributed by atoms with Gasteiger partial charge in [-0.15, -0.1) is 11.3 Å². The molecule has 1 atom stereocenters. The van der Waals surface area contributed by atoms with E-state index < -0.39 is 17.8 Å². The summed E-state index contributed by atoms with van der Waals surface area (Å²) in [6.07, 6.45) is -4.86. The van der Waals surface area contributed by atoms with Gasteiger partial charge in [0, 0.05) is 9.75 Å². The van der Waals surface area contributed by atoms with Gasteiger partial charge >= 0.3 is 6.18 Å². The summed E-state index contributed by atoms with van der Waals surface area (Å²) in [5.74, 6) is 0.0998. The quantitative estimate of drug-likeness (QED) is 0.800. The largest absolute Gasteiger partial charge is 0.416 e. The van der Waals surface area contributed by atoms with Crippen molar-refractivity contribution in [3.8, 4) is 10.4 Å². The molecule has 0 spiro atoms. The molecule has 0 radical (unpaired) electrons. The molecule has 2 rings (SSSR count). The van der Waals surface area contributed by atoms with Crippen molar-refractivity contribution in [1.29, 1.82) is 0 Å². The first-order valence-electron chi connectivity index (χ1n) is 6.66. The highest BCUT2D eigenvalue weighted by atomic mass is 32.1. The van der Waals surface area contributed by atoms with E-state index in [1.54, 1.807) is 0 Å². The van der Waals surface area contributed by atoms with Gasteiger partial charge in [-0.1, -0.05) is 26.0 Å². The number of hydrogen-bond donors (Lipinski definition) is 1. The monoisotopic (exact) mass is 314 g/mol. The van der Waals surface area contributed by atoms with E-state index in [2.05, 4.69) is 0 Å². The van der Waals surface area contributed by atoms with E-state index in [0.717, 1.165) is 33.0 Å². The van der Waals surface area contributed by atoms with Crippen molar-refractivity contribution >= 4 is 11.3 Å². The van der Waals surface area contributed by atoms with Gasteiger partial charge in [-0.3, -0.25) is 0 Å². The molecule has 21 heavy (non-hydrogen) atoms. The smallest absolute Gasteiger partial charge is 0.387 e. The van der Waals surface area contributed by atoms with Gasteiger partial charge in [-0.2, -0.15) is 13.2 Å². The lowest BCUT2D eigenvalue weighted by Gasteiger charge is -2.13. The van der Waals surface area contributed by atoms with E-state index >= 15 is 0 Å². The highest BCUT2D eigenvalue weighted by Gasteiger charge is 2.30. The Morgan fingerprint density at radius 3 is 2.14 bits per heavy atom. The molecular weight excluding hydrogens is 297 g/mol. The fourth-order valence-corrected chi connectivity index (χ4v) is 3.40. The summed E-state index contributed by atoms with van der Waals surface area (Å²) in [7, 11) is 0. The third-order valence-electron chi connectivity index (χ3n) is 3.35. The molecule has 1 unspecified atom stereocenters. The van der Waals surface area contributed by atoms with Gasteiger partial charge in [-0.25, -0.2) is 0 Å². The number of aryl methyl sites for hydroxylation is 1. The van der Waals surface area contributed by atoms with E-state index in [9.17, 15) is 18.3 Å². The number of halogens is 3. The molecule has 0 saturated carbocycles. The molecule has 0 fully saturated rings. The van der Waals surface area contributed by atoms with Gasteiger partial charge in [-0.05, 0) is 42.2 Å². The molecule has 0 aliphatic heterocycles. The van der Waals surface area contributed by atoms with Crippen LogP contribution in [0.3, 0.4) is 0 Å². The Kier molecular flexibility index (Phi) is 4.44. The molecule has 1 heterocycles. The summed E-state index contributed by atoms with van der Waals surface area (Å²) in [5, 5.41) is 10.2. The Morgan fingerprint density at radius 2 is 1.67 bits per heavy atom. The summed E-state index contributed by atoms with van der Waals surface area (Å²) >= 11 is 1.43. The molecule has 0 saturated heterocycles. The zero-order valence-corrected chi connectivity index (χ0v) is 12.8. The van der Waals surface area contributed by atoms with Crippen LogP contribution in [0.1, 0.15) is 36.0 Å². The lowest BCUT2D eigenvalue weighted by molar-refractivity contribution is -0.137. The van der Waals surface area contributed by atoms with Crippen molar-refractivity contribution in [2.24, 2.45) is 5.92 Å². The van der Waals surface area contributed by atoms with E-state index in [4.69, 9.17) is 0 Å². The second-order valence-corrected chi connectivity index (χ2v) is 6.51. The number of hydrogen-bond acceptors (Lipinski definition) is 2. The highest BCUT2D eigenvalue weighted by molar-refractivity contribution is 7.15. The predicted octanol–water partition coefficient (Wildman–Crippen LogP) is 5.43. The number of aliphatic hydroxyl groups is 1. The fourth-order valence-electron chi connectivity index (χ4n) is 2.06. The minimum atomic E-state index is -4.32. The maximum absolute atomic E-state index is 12.6. The molecule has 5 heteroatoms. The second kappa shape index (κ2) is 5.81. The van der Waals surface area contributed by atoms with Gasteiger partial charge < -0.3 is 5.11 Å². The van der Waals surface area contributed by atoms with Crippen LogP contribution in [0.25, 0.3) is 10.4 Å². The summed E-state index contributed by atoms with van der Waals surface area (Å²) in [5.41, 5.74) is 1.05. The molecule has 1 aromatic carbocycles. The summed E-state index contributed by atoms with van der Waals surface area (Å²) < 4.78 is 37.7. The van der Waals surface area contributed by atoms with Gasteiger partial charge in [0.25, 0.3) is 0 Å². The molecule has 0 amide bonds. The predicted molar refractivity (Wildman–Crippen MR) is 79.3 cm³/mol. The Hall–Kier alpha value is -1.33. The zero-order valence-electron chi connectivity index (χ0n) is 12.0. The van der Waals surface area contributed by atoms with Crippen molar-refractivity contribution in [3.05, 3.63) is 46.3 Å². The van der Waals surface area contributed by atoms with Gasteiger partial charge in [0.1, 0.15) is 0 Å². The first-order valence-corrected chi connectivity index (χ1v) is 7.48. The summed E-state index contributed by atoms with van der Waals surface area (Å²) in [4.78, 5) is 1.75. The van der Waals surface area contributed by atoms with E-state index in [-0.39, 0.29) is 5.92 Å². The van der Waals surface area contributed by atoms with Crippen molar-refractivity contribution in [2.75, 3.05) is 0 Å². The van der Waals surface area contributed by atoms with E-state index in [1.165, 1.54) is 23.5 Å². The summed E-state index contributed by atoms with van der Waals surface area (Å²) in [6, 6.07) is 7.03. The molecule has 1 N–H and O–H groups in total. The van der Waals surface area contributed by atoms with Crippen molar-refractivity contribution in [2.45, 2.75) is 33.1 Å². The lowest BCUT2D eigenvalue weighted by Crippen LogP contribution is -2.04. The molecule has 1 nitrogen and oxygen atoms in total. The van der Waals surface area contributed by atoms with Crippen LogP contribution in [0.2, 0.25) is 0 Å². The number of aliphatic hydroxyl groups excluding tert-OH is 1. The average Bonchev–Trinajstić information content (AvgIpc) is 2.79. The van der Waals surface area contributed by atoms with Gasteiger partial charge in [0.15, 0.2) is 0 Å². The third kappa shape index (κ3) is 3.47. The molecule has 0 aliphatic rings. The molecule has 0 bridgehead atoms. The summed E-state index contributed by atoms with van der Waals surface area (Å²) in [6.45, 7) is 5.77. The van der Waals surface area contributed by atoms with Crippen LogP contribution in [-0.2, 0) is 6.18 Å². The Bertz CT molecular complexity index is 611. The topological polar surface area (TPSA) is 20.2 Å². The molecular formula is C16H17F3OS. The van der Waals surface area contributed by atoms with Gasteiger partial charge in [0.2, 0.25) is 0 Å². The number of rotatable bonds is 3. The minimum absolute atomic E-state index is 0.0998. The minimum Gasteiger partial charge on any atom is -0.387 e. The van der Waals surface area contributed by atoms with Crippen molar-refractivity contribution in [1.82, 2.24) is 0 Å². The molecule has 114 valence electrons. The SMILES string of the molecule is Cc1cc(-c2ccc(C(F)(F)F)cc2)sc1C(O)C(C)C. The van der Waals surface area contributed by atoms with Crippen LogP contribution in [-0.4, -0.2) is 5.11 Å². The third-order valence-corrected chi connectivity index (χ3v) is 4.71. The number of alkyl halides is 3. The molecule has 2 aromatic rings. The standard InChI is InChI=1S/C16H17F3OS/c1-9(2)14(20)15-10(3)8-13(21-15)11-4-6-12(7-5-11)16(17,18)19/h4-9,14,20H,1-3H3. The number of benzene rings is 1. The van der Waals surface area contributed by atoms with Crippen LogP contribution in [0.15, 0.2) is 30.3 Å². The lowest BCUT2D eigenvalue weighted by atomic mass is 10.0. The van der Waals surface area contributed by atoms with Gasteiger partial charge in [0.05, 0.1) is 11.7 Å². The Morgan fingerprint density at radius 1 is 1.10 bits per heavy atom. The average molecular weight is 314 g/mol. The van der Waals surface area contributed by atoms with E-state index in [1.807, 2.05) is 26.8 Å². The van der Waals surface area contributed by atoms with Crippen LogP contribution < -0.4 is 0 Å². The van der Waals surface area contributed by atoms with Crippen LogP contribution >= 0.6 is 11.3 Å². The van der Waals surface area contributed by atoms with E-state index in [0.29, 0.717) is 0 Å². The normalized spacial score (nSPS) is 13.7. The number of thiophene rings is 1. The Labute approximate surface area is 126 Å².